The van der Waals surface area contributed by atoms with Gasteiger partial charge in [-0.2, -0.15) is 10.5 Å². The molecule has 0 unspecified atom stereocenters. The topological polar surface area (TPSA) is 81.7 Å². The van der Waals surface area contributed by atoms with Crippen LogP contribution >= 0.6 is 0 Å². The van der Waals surface area contributed by atoms with Crippen LogP contribution < -0.4 is 0 Å². The first kappa shape index (κ1) is 13.5. The first-order valence-corrected chi connectivity index (χ1v) is 7.44. The van der Waals surface area contributed by atoms with Crippen LogP contribution in [0.2, 0.25) is 0 Å². The molecule has 1 fully saturated rings. The molecule has 2 rings (SSSR count). The lowest BCUT2D eigenvalue weighted by Gasteiger charge is -1.99. The molecule has 0 N–H and O–H groups in total. The van der Waals surface area contributed by atoms with Crippen LogP contribution in [-0.4, -0.2) is 19.4 Å². The Balaban J connectivity index is 2.50. The summed E-state index contributed by atoms with van der Waals surface area (Å²) in [6.07, 6.45) is 0. The van der Waals surface area contributed by atoms with E-state index < -0.39 is 32.2 Å². The predicted molar refractivity (Wildman–Crippen MR) is 66.0 cm³/mol. The Kier molecular flexibility index (Phi) is 3.07. The Labute approximate surface area is 111 Å². The summed E-state index contributed by atoms with van der Waals surface area (Å²) in [6.45, 7) is 1.48. The molecule has 1 aliphatic rings. The molecule has 1 aromatic rings. The van der Waals surface area contributed by atoms with Gasteiger partial charge in [0.15, 0.2) is 15.3 Å². The molecule has 0 amide bonds. The summed E-state index contributed by atoms with van der Waals surface area (Å²) in [5.41, 5.74) is -1.04. The van der Waals surface area contributed by atoms with Gasteiger partial charge in [-0.15, -0.1) is 0 Å². The summed E-state index contributed by atoms with van der Waals surface area (Å²) in [5.74, 6) is -1.27. The third-order valence-electron chi connectivity index (χ3n) is 3.52. The van der Waals surface area contributed by atoms with E-state index in [0.29, 0.717) is 5.56 Å². The van der Waals surface area contributed by atoms with Crippen LogP contribution in [0.1, 0.15) is 18.4 Å². The molecule has 4 nitrogen and oxygen atoms in total. The maximum atomic E-state index is 12.9. The van der Waals surface area contributed by atoms with Gasteiger partial charge in [0.2, 0.25) is 0 Å². The van der Waals surface area contributed by atoms with Crippen molar-refractivity contribution in [1.29, 1.82) is 10.5 Å². The maximum absolute atomic E-state index is 12.9. The van der Waals surface area contributed by atoms with Crippen molar-refractivity contribution in [3.05, 3.63) is 35.6 Å². The van der Waals surface area contributed by atoms with Gasteiger partial charge in [0.1, 0.15) is 11.1 Å². The van der Waals surface area contributed by atoms with Crippen LogP contribution in [0.5, 0.6) is 0 Å². The average Bonchev–Trinajstić information content (AvgIpc) is 3.10. The summed E-state index contributed by atoms with van der Waals surface area (Å²) in [7, 11) is -3.50. The van der Waals surface area contributed by atoms with Gasteiger partial charge in [0, 0.05) is 11.7 Å². The molecule has 19 heavy (non-hydrogen) atoms. The summed E-state index contributed by atoms with van der Waals surface area (Å²) < 4.78 is 36.8. The molecule has 0 saturated heterocycles. The number of rotatable bonds is 3. The van der Waals surface area contributed by atoms with Crippen molar-refractivity contribution in [2.24, 2.45) is 5.41 Å². The Morgan fingerprint density at radius 3 is 2.21 bits per heavy atom. The number of hydrogen-bond donors (Lipinski definition) is 0. The van der Waals surface area contributed by atoms with Crippen LogP contribution in [0.4, 0.5) is 4.39 Å². The fourth-order valence-electron chi connectivity index (χ4n) is 2.43. The SMILES string of the molecule is CCS(=O)(=O)[C@H]1[C@H](c2ccc(F)cc2)C1(C#N)C#N. The highest BCUT2D eigenvalue weighted by atomic mass is 32.2. The highest BCUT2D eigenvalue weighted by molar-refractivity contribution is 7.92. The number of sulfone groups is 1. The third kappa shape index (κ3) is 1.89. The molecule has 1 aliphatic carbocycles. The van der Waals surface area contributed by atoms with Gasteiger partial charge in [0.25, 0.3) is 0 Å². The molecular formula is C13H11FN2O2S. The number of benzene rings is 1. The van der Waals surface area contributed by atoms with E-state index in [1.54, 1.807) is 0 Å². The van der Waals surface area contributed by atoms with E-state index in [1.807, 2.05) is 12.1 Å². The zero-order valence-electron chi connectivity index (χ0n) is 10.2. The summed E-state index contributed by atoms with van der Waals surface area (Å²) in [4.78, 5) is 0. The van der Waals surface area contributed by atoms with Crippen LogP contribution in [0.25, 0.3) is 0 Å². The summed E-state index contributed by atoms with van der Waals surface area (Å²) in [5, 5.41) is 17.3. The number of nitriles is 2. The van der Waals surface area contributed by atoms with Gasteiger partial charge in [-0.25, -0.2) is 12.8 Å². The van der Waals surface area contributed by atoms with Crippen molar-refractivity contribution in [3.8, 4) is 12.1 Å². The molecule has 0 aromatic heterocycles. The third-order valence-corrected chi connectivity index (χ3v) is 5.74. The highest BCUT2D eigenvalue weighted by Crippen LogP contribution is 2.62. The van der Waals surface area contributed by atoms with E-state index >= 15 is 0 Å². The molecule has 0 spiro atoms. The van der Waals surface area contributed by atoms with Crippen molar-refractivity contribution in [1.82, 2.24) is 0 Å². The van der Waals surface area contributed by atoms with Crippen molar-refractivity contribution >= 4 is 9.84 Å². The molecule has 6 heteroatoms. The Morgan fingerprint density at radius 1 is 1.26 bits per heavy atom. The fraction of sp³-hybridized carbons (Fsp3) is 0.385. The molecule has 0 radical (unpaired) electrons. The second kappa shape index (κ2) is 4.32. The smallest absolute Gasteiger partial charge is 0.169 e. The van der Waals surface area contributed by atoms with Crippen LogP contribution in [0, 0.1) is 33.9 Å². The fourth-order valence-corrected chi connectivity index (χ4v) is 4.31. The minimum atomic E-state index is -3.50. The van der Waals surface area contributed by atoms with E-state index in [1.165, 1.54) is 31.2 Å². The quantitative estimate of drug-likeness (QED) is 0.843. The zero-order chi connectivity index (χ0) is 14.3. The largest absolute Gasteiger partial charge is 0.228 e. The van der Waals surface area contributed by atoms with Gasteiger partial charge < -0.3 is 0 Å². The Morgan fingerprint density at radius 2 is 1.79 bits per heavy atom. The minimum Gasteiger partial charge on any atom is -0.228 e. The van der Waals surface area contributed by atoms with E-state index in [4.69, 9.17) is 10.5 Å². The van der Waals surface area contributed by atoms with Gasteiger partial charge >= 0.3 is 0 Å². The number of nitrogens with zero attached hydrogens (tertiary/aromatic N) is 2. The van der Waals surface area contributed by atoms with Crippen molar-refractivity contribution in [2.75, 3.05) is 5.75 Å². The Hall–Kier alpha value is -1.92. The summed E-state index contributed by atoms with van der Waals surface area (Å²) >= 11 is 0. The summed E-state index contributed by atoms with van der Waals surface area (Å²) in [6, 6.07) is 8.89. The van der Waals surface area contributed by atoms with E-state index in [2.05, 4.69) is 0 Å². The molecule has 0 bridgehead atoms. The Bertz CT molecular complexity index is 669. The van der Waals surface area contributed by atoms with E-state index in [0.717, 1.165) is 0 Å². The van der Waals surface area contributed by atoms with Crippen LogP contribution in [0.3, 0.4) is 0 Å². The standard InChI is InChI=1S/C13H11FN2O2S/c1-2-19(17,18)12-11(13(12,7-15)8-16)9-3-5-10(14)6-4-9/h3-6,11-12H,2H2,1H3/t11-,12-/m0/s1. The maximum Gasteiger partial charge on any atom is 0.169 e. The molecule has 0 heterocycles. The lowest BCUT2D eigenvalue weighted by Crippen LogP contribution is -2.15. The second-order valence-electron chi connectivity index (χ2n) is 4.49. The molecule has 98 valence electrons. The number of hydrogen-bond acceptors (Lipinski definition) is 4. The molecule has 2 atom stereocenters. The monoisotopic (exact) mass is 278 g/mol. The van der Waals surface area contributed by atoms with Crippen molar-refractivity contribution < 1.29 is 12.8 Å². The van der Waals surface area contributed by atoms with E-state index in [9.17, 15) is 12.8 Å². The predicted octanol–water partition coefficient (Wildman–Crippen LogP) is 1.76. The average molecular weight is 278 g/mol. The minimum absolute atomic E-state index is 0.125. The van der Waals surface area contributed by atoms with Gasteiger partial charge in [-0.05, 0) is 17.7 Å². The molecule has 1 aromatic carbocycles. The molecule has 1 saturated carbocycles. The second-order valence-corrected chi connectivity index (χ2v) is 6.90. The first-order chi connectivity index (χ1) is 8.93. The molecule has 0 aliphatic heterocycles. The van der Waals surface area contributed by atoms with Crippen LogP contribution in [-0.2, 0) is 9.84 Å². The zero-order valence-corrected chi connectivity index (χ0v) is 11.0. The lowest BCUT2D eigenvalue weighted by molar-refractivity contribution is 0.592. The van der Waals surface area contributed by atoms with Crippen molar-refractivity contribution in [2.45, 2.75) is 18.1 Å². The lowest BCUT2D eigenvalue weighted by atomic mass is 10.0. The van der Waals surface area contributed by atoms with Gasteiger partial charge in [-0.3, -0.25) is 0 Å². The highest BCUT2D eigenvalue weighted by Gasteiger charge is 2.72. The number of halogens is 1. The van der Waals surface area contributed by atoms with Gasteiger partial charge in [0.05, 0.1) is 12.1 Å². The normalized spacial score (nSPS) is 24.2. The molecular weight excluding hydrogens is 267 g/mol. The van der Waals surface area contributed by atoms with Crippen LogP contribution in [0.15, 0.2) is 24.3 Å². The first-order valence-electron chi connectivity index (χ1n) is 5.72. The van der Waals surface area contributed by atoms with Crippen molar-refractivity contribution in [3.63, 3.8) is 0 Å². The van der Waals surface area contributed by atoms with E-state index in [-0.39, 0.29) is 5.75 Å². The van der Waals surface area contributed by atoms with Gasteiger partial charge in [-0.1, -0.05) is 19.1 Å².